The Bertz CT molecular complexity index is 1140. The molecule has 29 heavy (non-hydrogen) atoms. The number of nitrogens with zero attached hydrogens (tertiary/aromatic N) is 2. The fourth-order valence-corrected chi connectivity index (χ4v) is 5.39. The molecule has 0 saturated carbocycles. The molecule has 0 fully saturated rings. The molecule has 152 valence electrons. The van der Waals surface area contributed by atoms with Crippen LogP contribution >= 0.6 is 11.3 Å². The van der Waals surface area contributed by atoms with E-state index in [0.29, 0.717) is 11.3 Å². The van der Waals surface area contributed by atoms with Gasteiger partial charge in [-0.1, -0.05) is 32.9 Å². The molecule has 1 aliphatic carbocycles. The van der Waals surface area contributed by atoms with Gasteiger partial charge in [-0.3, -0.25) is 14.2 Å². The number of fused-ring (bicyclic) bond motifs is 3. The third kappa shape index (κ3) is 3.99. The summed E-state index contributed by atoms with van der Waals surface area (Å²) < 4.78 is 1.43. The van der Waals surface area contributed by atoms with Crippen molar-refractivity contribution in [3.05, 3.63) is 57.0 Å². The standard InChI is InChI=1S/C23H27N3O2S/c1-14-6-5-7-16(10-14)25-19(27)12-26-13-24-21-20(22(26)28)17-9-8-15(23(2,3)4)11-18(17)29-21/h5-7,10,13,15H,8-9,11-12H2,1-4H3,(H,25,27)/t15-/m0/s1. The molecule has 1 amide bonds. The molecular formula is C23H27N3O2S. The van der Waals surface area contributed by atoms with Crippen LogP contribution in [-0.2, 0) is 24.2 Å². The quantitative estimate of drug-likeness (QED) is 0.690. The van der Waals surface area contributed by atoms with Gasteiger partial charge in [-0.25, -0.2) is 4.98 Å². The molecule has 1 N–H and O–H groups in total. The topological polar surface area (TPSA) is 64.0 Å². The van der Waals surface area contributed by atoms with Crippen LogP contribution in [0.4, 0.5) is 5.69 Å². The van der Waals surface area contributed by atoms with E-state index in [1.165, 1.54) is 15.8 Å². The number of rotatable bonds is 3. The van der Waals surface area contributed by atoms with Crippen molar-refractivity contribution < 1.29 is 4.79 Å². The molecule has 0 saturated heterocycles. The Morgan fingerprint density at radius 2 is 2.14 bits per heavy atom. The minimum atomic E-state index is -0.226. The van der Waals surface area contributed by atoms with Crippen molar-refractivity contribution in [3.8, 4) is 0 Å². The van der Waals surface area contributed by atoms with Gasteiger partial charge in [-0.15, -0.1) is 11.3 Å². The lowest BCUT2D eigenvalue weighted by molar-refractivity contribution is -0.116. The van der Waals surface area contributed by atoms with Crippen LogP contribution in [0.15, 0.2) is 35.4 Å². The molecule has 3 aromatic rings. The van der Waals surface area contributed by atoms with Crippen molar-refractivity contribution in [2.75, 3.05) is 5.32 Å². The van der Waals surface area contributed by atoms with E-state index in [1.54, 1.807) is 11.3 Å². The van der Waals surface area contributed by atoms with E-state index < -0.39 is 0 Å². The summed E-state index contributed by atoms with van der Waals surface area (Å²) >= 11 is 1.64. The van der Waals surface area contributed by atoms with Crippen LogP contribution in [0.5, 0.6) is 0 Å². The number of aryl methyl sites for hydroxylation is 2. The molecule has 0 radical (unpaired) electrons. The fourth-order valence-electron chi connectivity index (χ4n) is 4.13. The first-order chi connectivity index (χ1) is 13.7. The predicted molar refractivity (Wildman–Crippen MR) is 119 cm³/mol. The molecule has 5 nitrogen and oxygen atoms in total. The molecule has 2 heterocycles. The van der Waals surface area contributed by atoms with E-state index in [9.17, 15) is 9.59 Å². The number of carbonyl (C=O) groups excluding carboxylic acids is 1. The first-order valence-electron chi connectivity index (χ1n) is 10.1. The predicted octanol–water partition coefficient (Wildman–Crippen LogP) is 4.56. The van der Waals surface area contributed by atoms with Gasteiger partial charge < -0.3 is 5.32 Å². The molecule has 2 aromatic heterocycles. The smallest absolute Gasteiger partial charge is 0.262 e. The lowest BCUT2D eigenvalue weighted by Crippen LogP contribution is -2.29. The highest BCUT2D eigenvalue weighted by Gasteiger charge is 2.31. The summed E-state index contributed by atoms with van der Waals surface area (Å²) in [5, 5.41) is 3.57. The summed E-state index contributed by atoms with van der Waals surface area (Å²) in [6.45, 7) is 8.79. The first-order valence-corrected chi connectivity index (χ1v) is 10.9. The summed E-state index contributed by atoms with van der Waals surface area (Å²) in [5.41, 5.74) is 3.10. The van der Waals surface area contributed by atoms with E-state index in [0.717, 1.165) is 40.9 Å². The maximum absolute atomic E-state index is 13.1. The lowest BCUT2D eigenvalue weighted by atomic mass is 9.72. The average Bonchev–Trinajstić information content (AvgIpc) is 3.01. The molecule has 0 spiro atoms. The van der Waals surface area contributed by atoms with Crippen LogP contribution in [0.3, 0.4) is 0 Å². The minimum absolute atomic E-state index is 0.0368. The van der Waals surface area contributed by atoms with E-state index in [4.69, 9.17) is 0 Å². The van der Waals surface area contributed by atoms with Gasteiger partial charge in [-0.05, 0) is 60.8 Å². The van der Waals surface area contributed by atoms with Crippen LogP contribution in [0.25, 0.3) is 10.2 Å². The van der Waals surface area contributed by atoms with Crippen molar-refractivity contribution in [3.63, 3.8) is 0 Å². The summed E-state index contributed by atoms with van der Waals surface area (Å²) in [7, 11) is 0. The SMILES string of the molecule is Cc1cccc(NC(=O)Cn2cnc3sc4c(c3c2=O)CC[C@H](C(C)(C)C)C4)c1. The molecule has 1 aliphatic rings. The van der Waals surface area contributed by atoms with Gasteiger partial charge in [0, 0.05) is 10.6 Å². The second-order valence-corrected chi connectivity index (χ2v) is 10.2. The summed E-state index contributed by atoms with van der Waals surface area (Å²) in [4.78, 5) is 32.2. The number of amides is 1. The van der Waals surface area contributed by atoms with Gasteiger partial charge in [0.1, 0.15) is 11.4 Å². The maximum Gasteiger partial charge on any atom is 0.262 e. The molecule has 4 rings (SSSR count). The fraction of sp³-hybridized carbons (Fsp3) is 0.435. The van der Waals surface area contributed by atoms with Crippen molar-refractivity contribution in [1.82, 2.24) is 9.55 Å². The molecule has 1 aromatic carbocycles. The van der Waals surface area contributed by atoms with Crippen molar-refractivity contribution >= 4 is 33.1 Å². The number of hydrogen-bond donors (Lipinski definition) is 1. The zero-order valence-electron chi connectivity index (χ0n) is 17.4. The largest absolute Gasteiger partial charge is 0.325 e. The van der Waals surface area contributed by atoms with Crippen LogP contribution < -0.4 is 10.9 Å². The lowest BCUT2D eigenvalue weighted by Gasteiger charge is -2.33. The normalized spacial score (nSPS) is 16.6. The number of aromatic nitrogens is 2. The molecule has 0 bridgehead atoms. The highest BCUT2D eigenvalue weighted by Crippen LogP contribution is 2.41. The maximum atomic E-state index is 13.1. The highest BCUT2D eigenvalue weighted by atomic mass is 32.1. The van der Waals surface area contributed by atoms with Crippen LogP contribution in [-0.4, -0.2) is 15.5 Å². The zero-order valence-corrected chi connectivity index (χ0v) is 18.2. The number of hydrogen-bond acceptors (Lipinski definition) is 4. The number of thiophene rings is 1. The van der Waals surface area contributed by atoms with Gasteiger partial charge in [0.2, 0.25) is 5.91 Å². The Balaban J connectivity index is 1.60. The number of nitrogens with one attached hydrogen (secondary N) is 1. The highest BCUT2D eigenvalue weighted by molar-refractivity contribution is 7.18. The Kier molecular flexibility index (Phi) is 5.07. The van der Waals surface area contributed by atoms with Crippen LogP contribution in [0, 0.1) is 18.3 Å². The third-order valence-electron chi connectivity index (χ3n) is 5.88. The van der Waals surface area contributed by atoms with Crippen LogP contribution in [0.1, 0.15) is 43.2 Å². The summed E-state index contributed by atoms with van der Waals surface area (Å²) in [6, 6.07) is 7.62. The average molecular weight is 410 g/mol. The van der Waals surface area contributed by atoms with E-state index >= 15 is 0 Å². The van der Waals surface area contributed by atoms with Gasteiger partial charge in [-0.2, -0.15) is 0 Å². The second kappa shape index (κ2) is 7.41. The van der Waals surface area contributed by atoms with Crippen molar-refractivity contribution in [1.29, 1.82) is 0 Å². The van der Waals surface area contributed by atoms with Crippen molar-refractivity contribution in [2.45, 2.75) is 53.5 Å². The summed E-state index contributed by atoms with van der Waals surface area (Å²) in [5.74, 6) is 0.390. The van der Waals surface area contributed by atoms with Gasteiger partial charge in [0.25, 0.3) is 5.56 Å². The molecule has 6 heteroatoms. The Morgan fingerprint density at radius 3 is 2.86 bits per heavy atom. The third-order valence-corrected chi connectivity index (χ3v) is 7.04. The zero-order chi connectivity index (χ0) is 20.8. The monoisotopic (exact) mass is 409 g/mol. The van der Waals surface area contributed by atoms with E-state index in [-0.39, 0.29) is 23.4 Å². The molecule has 0 unspecified atom stereocenters. The van der Waals surface area contributed by atoms with Gasteiger partial charge >= 0.3 is 0 Å². The Labute approximate surface area is 174 Å². The Hall–Kier alpha value is -2.47. The van der Waals surface area contributed by atoms with Gasteiger partial charge in [0.05, 0.1) is 11.7 Å². The van der Waals surface area contributed by atoms with E-state index in [1.807, 2.05) is 31.2 Å². The van der Waals surface area contributed by atoms with Gasteiger partial charge in [0.15, 0.2) is 0 Å². The first kappa shape index (κ1) is 19.8. The Morgan fingerprint density at radius 1 is 1.34 bits per heavy atom. The summed E-state index contributed by atoms with van der Waals surface area (Å²) in [6.07, 6.45) is 4.51. The van der Waals surface area contributed by atoms with E-state index in [2.05, 4.69) is 31.1 Å². The molecule has 0 aliphatic heterocycles. The second-order valence-electron chi connectivity index (χ2n) is 9.08. The number of carbonyl (C=O) groups is 1. The molecular weight excluding hydrogens is 382 g/mol. The van der Waals surface area contributed by atoms with Crippen LogP contribution in [0.2, 0.25) is 0 Å². The number of anilines is 1. The molecule has 1 atom stereocenters. The minimum Gasteiger partial charge on any atom is -0.325 e. The van der Waals surface area contributed by atoms with Crippen molar-refractivity contribution in [2.24, 2.45) is 11.3 Å². The number of benzene rings is 1.